The van der Waals surface area contributed by atoms with Crippen molar-refractivity contribution in [3.05, 3.63) is 24.1 Å². The molecule has 0 spiro atoms. The highest BCUT2D eigenvalue weighted by atomic mass is 16.5. The lowest BCUT2D eigenvalue weighted by atomic mass is 10.3. The highest BCUT2D eigenvalue weighted by molar-refractivity contribution is 5.11. The molecule has 0 fully saturated rings. The molecule has 1 aliphatic rings. The van der Waals surface area contributed by atoms with Gasteiger partial charge in [0.25, 0.3) is 0 Å². The second-order valence-corrected chi connectivity index (χ2v) is 1.60. The first kappa shape index (κ1) is 5.18. The molecule has 0 aromatic carbocycles. The van der Waals surface area contributed by atoms with Crippen LogP contribution in [0.25, 0.3) is 0 Å². The molecule has 0 aromatic rings. The fourth-order valence-corrected chi connectivity index (χ4v) is 0.525. The Morgan fingerprint density at radius 3 is 2.75 bits per heavy atom. The zero-order valence-corrected chi connectivity index (χ0v) is 4.28. The van der Waals surface area contributed by atoms with Crippen LogP contribution in [0.1, 0.15) is 0 Å². The molecule has 1 heterocycles. The van der Waals surface area contributed by atoms with Crippen LogP contribution >= 0.6 is 0 Å². The van der Waals surface area contributed by atoms with Gasteiger partial charge in [-0.05, 0) is 12.2 Å². The molecule has 8 heavy (non-hydrogen) atoms. The standard InChI is InChI=1S/C5H7NO2/c7-5-2-1-3-6(8)4-5/h1-3,7-8H,4H2. The van der Waals surface area contributed by atoms with Gasteiger partial charge in [-0.3, -0.25) is 10.3 Å². The van der Waals surface area contributed by atoms with E-state index in [0.29, 0.717) is 0 Å². The van der Waals surface area contributed by atoms with E-state index in [1.807, 2.05) is 0 Å². The summed E-state index contributed by atoms with van der Waals surface area (Å²) in [6.07, 6.45) is 4.57. The van der Waals surface area contributed by atoms with Gasteiger partial charge in [0.2, 0.25) is 0 Å². The molecular formula is C5H7NO2. The lowest BCUT2D eigenvalue weighted by Crippen LogP contribution is -2.16. The Labute approximate surface area is 47.1 Å². The summed E-state index contributed by atoms with van der Waals surface area (Å²) in [5.41, 5.74) is 0. The fourth-order valence-electron chi connectivity index (χ4n) is 0.525. The lowest BCUT2D eigenvalue weighted by molar-refractivity contribution is -0.0406. The Morgan fingerprint density at radius 2 is 2.38 bits per heavy atom. The summed E-state index contributed by atoms with van der Waals surface area (Å²) in [7, 11) is 0. The maximum Gasteiger partial charge on any atom is 0.114 e. The average molecular weight is 113 g/mol. The van der Waals surface area contributed by atoms with Gasteiger partial charge in [-0.2, -0.15) is 0 Å². The normalized spacial score (nSPS) is 18.6. The molecule has 0 saturated heterocycles. The van der Waals surface area contributed by atoms with Crippen LogP contribution in [0, 0.1) is 0 Å². The van der Waals surface area contributed by atoms with E-state index >= 15 is 0 Å². The van der Waals surface area contributed by atoms with Gasteiger partial charge in [0, 0.05) is 6.20 Å². The second kappa shape index (κ2) is 1.88. The smallest absolute Gasteiger partial charge is 0.114 e. The Hall–Kier alpha value is -0.960. The summed E-state index contributed by atoms with van der Waals surface area (Å²) < 4.78 is 0. The van der Waals surface area contributed by atoms with Crippen molar-refractivity contribution >= 4 is 0 Å². The van der Waals surface area contributed by atoms with Crippen molar-refractivity contribution in [3.8, 4) is 0 Å². The Bertz CT molecular complexity index is 139. The largest absolute Gasteiger partial charge is 0.510 e. The summed E-state index contributed by atoms with van der Waals surface area (Å²) in [5, 5.41) is 18.2. The third-order valence-electron chi connectivity index (χ3n) is 0.871. The first-order valence-corrected chi connectivity index (χ1v) is 2.31. The van der Waals surface area contributed by atoms with E-state index in [2.05, 4.69) is 0 Å². The number of nitrogens with zero attached hydrogens (tertiary/aromatic N) is 1. The van der Waals surface area contributed by atoms with Crippen LogP contribution in [0.4, 0.5) is 0 Å². The molecule has 0 radical (unpaired) electrons. The predicted octanol–water partition coefficient (Wildman–Crippen LogP) is 0.647. The third kappa shape index (κ3) is 1.01. The number of rotatable bonds is 0. The van der Waals surface area contributed by atoms with E-state index in [-0.39, 0.29) is 12.3 Å². The number of aliphatic hydroxyl groups excluding tert-OH is 1. The van der Waals surface area contributed by atoms with Crippen molar-refractivity contribution in [2.45, 2.75) is 0 Å². The number of allylic oxidation sites excluding steroid dienone is 2. The molecule has 44 valence electrons. The van der Waals surface area contributed by atoms with Gasteiger partial charge in [0.15, 0.2) is 0 Å². The van der Waals surface area contributed by atoms with E-state index < -0.39 is 0 Å². The molecule has 0 amide bonds. The molecule has 2 N–H and O–H groups in total. The van der Waals surface area contributed by atoms with Crippen molar-refractivity contribution in [2.24, 2.45) is 0 Å². The van der Waals surface area contributed by atoms with Crippen molar-refractivity contribution in [1.29, 1.82) is 0 Å². The van der Waals surface area contributed by atoms with Gasteiger partial charge in [-0.15, -0.1) is 0 Å². The van der Waals surface area contributed by atoms with E-state index in [0.717, 1.165) is 5.06 Å². The molecule has 0 aromatic heterocycles. The molecule has 0 bridgehead atoms. The average Bonchev–Trinajstić information content (AvgIpc) is 1.64. The second-order valence-electron chi connectivity index (χ2n) is 1.60. The van der Waals surface area contributed by atoms with Crippen molar-refractivity contribution < 1.29 is 10.3 Å². The topological polar surface area (TPSA) is 43.7 Å². The summed E-state index contributed by atoms with van der Waals surface area (Å²) >= 11 is 0. The summed E-state index contributed by atoms with van der Waals surface area (Å²) in [6.45, 7) is 0.191. The van der Waals surface area contributed by atoms with Gasteiger partial charge < -0.3 is 5.11 Å². The van der Waals surface area contributed by atoms with Gasteiger partial charge in [0.1, 0.15) is 12.3 Å². The van der Waals surface area contributed by atoms with E-state index in [1.54, 1.807) is 6.08 Å². The fraction of sp³-hybridized carbons (Fsp3) is 0.200. The van der Waals surface area contributed by atoms with Gasteiger partial charge >= 0.3 is 0 Å². The van der Waals surface area contributed by atoms with Crippen LogP contribution in [0.5, 0.6) is 0 Å². The lowest BCUT2D eigenvalue weighted by Gasteiger charge is -2.12. The zero-order valence-electron chi connectivity index (χ0n) is 4.28. The minimum Gasteiger partial charge on any atom is -0.510 e. The highest BCUT2D eigenvalue weighted by Gasteiger charge is 1.99. The highest BCUT2D eigenvalue weighted by Crippen LogP contribution is 1.99. The number of hydrogen-bond donors (Lipinski definition) is 2. The number of hydrogen-bond acceptors (Lipinski definition) is 3. The molecular weight excluding hydrogens is 106 g/mol. The Balaban J connectivity index is 2.59. The van der Waals surface area contributed by atoms with Crippen LogP contribution < -0.4 is 0 Å². The minimum absolute atomic E-state index is 0.176. The molecule has 0 atom stereocenters. The maximum atomic E-state index is 8.69. The van der Waals surface area contributed by atoms with Crippen LogP contribution in [-0.2, 0) is 0 Å². The molecule has 0 saturated carbocycles. The van der Waals surface area contributed by atoms with Crippen molar-refractivity contribution in [2.75, 3.05) is 6.54 Å². The minimum atomic E-state index is 0.176. The van der Waals surface area contributed by atoms with E-state index in [4.69, 9.17) is 10.3 Å². The van der Waals surface area contributed by atoms with Gasteiger partial charge in [-0.25, -0.2) is 0 Å². The van der Waals surface area contributed by atoms with Crippen LogP contribution in [0.3, 0.4) is 0 Å². The Kier molecular flexibility index (Phi) is 1.22. The van der Waals surface area contributed by atoms with Crippen LogP contribution in [-0.4, -0.2) is 21.9 Å². The first-order chi connectivity index (χ1) is 3.79. The maximum absolute atomic E-state index is 8.69. The molecule has 3 heteroatoms. The molecule has 3 nitrogen and oxygen atoms in total. The number of hydroxylamine groups is 2. The first-order valence-electron chi connectivity index (χ1n) is 2.31. The van der Waals surface area contributed by atoms with Gasteiger partial charge in [-0.1, -0.05) is 0 Å². The van der Waals surface area contributed by atoms with Crippen molar-refractivity contribution in [3.63, 3.8) is 0 Å². The molecule has 1 aliphatic heterocycles. The van der Waals surface area contributed by atoms with Crippen molar-refractivity contribution in [1.82, 2.24) is 5.06 Å². The van der Waals surface area contributed by atoms with Crippen LogP contribution in [0.2, 0.25) is 0 Å². The summed E-state index contributed by atoms with van der Waals surface area (Å²) in [6, 6.07) is 0. The summed E-state index contributed by atoms with van der Waals surface area (Å²) in [5.74, 6) is 0.176. The zero-order chi connectivity index (χ0) is 5.98. The van der Waals surface area contributed by atoms with Gasteiger partial charge in [0.05, 0.1) is 0 Å². The molecule has 0 unspecified atom stereocenters. The van der Waals surface area contributed by atoms with Crippen LogP contribution in [0.15, 0.2) is 24.1 Å². The summed E-state index contributed by atoms with van der Waals surface area (Å²) in [4.78, 5) is 0. The SMILES string of the molecule is OC1=CC=CN(O)C1. The number of aliphatic hydroxyl groups is 1. The quantitative estimate of drug-likeness (QED) is 0.484. The molecule has 1 rings (SSSR count). The molecule has 0 aliphatic carbocycles. The third-order valence-corrected chi connectivity index (χ3v) is 0.871. The Morgan fingerprint density at radius 1 is 1.62 bits per heavy atom. The predicted molar refractivity (Wildman–Crippen MR) is 28.3 cm³/mol. The van der Waals surface area contributed by atoms with E-state index in [9.17, 15) is 0 Å². The van der Waals surface area contributed by atoms with E-state index in [1.165, 1.54) is 12.3 Å². The monoisotopic (exact) mass is 113 g/mol.